The molecule has 0 spiro atoms. The Balaban J connectivity index is 3.24. The smallest absolute Gasteiger partial charge is 0.0223 e. The largest absolute Gasteiger partial charge is 0.304 e. The highest BCUT2D eigenvalue weighted by atomic mass is 35.5. The summed E-state index contributed by atoms with van der Waals surface area (Å²) in [6, 6.07) is 0.723. The van der Waals surface area contributed by atoms with Crippen molar-refractivity contribution in [1.82, 2.24) is 4.90 Å². The molecule has 1 atom stereocenters. The number of unbranched alkanes of at least 4 members (excludes halogenated alkanes) is 2. The van der Waals surface area contributed by atoms with Crippen molar-refractivity contribution in [2.45, 2.75) is 45.6 Å². The minimum Gasteiger partial charge on any atom is -0.304 e. The second-order valence-corrected chi connectivity index (χ2v) is 3.87. The molecule has 0 heterocycles. The van der Waals surface area contributed by atoms with Crippen LogP contribution < -0.4 is 0 Å². The van der Waals surface area contributed by atoms with Crippen molar-refractivity contribution < 1.29 is 0 Å². The minimum atomic E-state index is 0.723. The number of hydrogen-bond acceptors (Lipinski definition) is 1. The molecule has 1 unspecified atom stereocenters. The van der Waals surface area contributed by atoms with Crippen molar-refractivity contribution in [3.8, 4) is 0 Å². The second kappa shape index (κ2) is 7.88. The second-order valence-electron chi connectivity index (χ2n) is 3.49. The van der Waals surface area contributed by atoms with E-state index in [1.165, 1.54) is 25.8 Å². The monoisotopic (exact) mass is 191 g/mol. The van der Waals surface area contributed by atoms with E-state index in [9.17, 15) is 0 Å². The standard InChI is InChI=1S/C10H22ClN/c1-4-10(2)12(3)9-7-5-6-8-11/h10H,4-9H2,1-3H3. The average molecular weight is 192 g/mol. The topological polar surface area (TPSA) is 3.24 Å². The third-order valence-electron chi connectivity index (χ3n) is 2.49. The molecule has 0 N–H and O–H groups in total. The van der Waals surface area contributed by atoms with E-state index in [0.29, 0.717) is 0 Å². The maximum Gasteiger partial charge on any atom is 0.0223 e. The van der Waals surface area contributed by atoms with E-state index in [0.717, 1.165) is 18.3 Å². The Morgan fingerprint density at radius 1 is 1.25 bits per heavy atom. The predicted octanol–water partition coefficient (Wildman–Crippen LogP) is 3.13. The quantitative estimate of drug-likeness (QED) is 0.442. The molecule has 1 nitrogen and oxygen atoms in total. The molecule has 0 bridgehead atoms. The molecular formula is C10H22ClN. The van der Waals surface area contributed by atoms with E-state index in [-0.39, 0.29) is 0 Å². The van der Waals surface area contributed by atoms with Gasteiger partial charge in [-0.3, -0.25) is 0 Å². The van der Waals surface area contributed by atoms with Crippen molar-refractivity contribution in [3.63, 3.8) is 0 Å². The van der Waals surface area contributed by atoms with Crippen molar-refractivity contribution in [1.29, 1.82) is 0 Å². The van der Waals surface area contributed by atoms with Gasteiger partial charge in [-0.25, -0.2) is 0 Å². The molecule has 0 aliphatic heterocycles. The summed E-state index contributed by atoms with van der Waals surface area (Å²) in [5.74, 6) is 0.813. The fourth-order valence-electron chi connectivity index (χ4n) is 1.16. The summed E-state index contributed by atoms with van der Waals surface area (Å²) in [5.41, 5.74) is 0. The highest BCUT2D eigenvalue weighted by Gasteiger charge is 2.04. The average Bonchev–Trinajstić information content (AvgIpc) is 2.10. The van der Waals surface area contributed by atoms with E-state index in [4.69, 9.17) is 11.6 Å². The van der Waals surface area contributed by atoms with Crippen LogP contribution in [0.1, 0.15) is 39.5 Å². The first-order valence-corrected chi connectivity index (χ1v) is 5.52. The first-order chi connectivity index (χ1) is 5.72. The third-order valence-corrected chi connectivity index (χ3v) is 2.75. The van der Waals surface area contributed by atoms with E-state index in [2.05, 4.69) is 25.8 Å². The molecule has 0 aliphatic carbocycles. The number of rotatable bonds is 7. The molecule has 0 amide bonds. The van der Waals surface area contributed by atoms with Gasteiger partial charge in [0.05, 0.1) is 0 Å². The fraction of sp³-hybridized carbons (Fsp3) is 1.00. The van der Waals surface area contributed by atoms with Crippen molar-refractivity contribution in [2.75, 3.05) is 19.5 Å². The zero-order chi connectivity index (χ0) is 9.40. The van der Waals surface area contributed by atoms with Crippen LogP contribution in [0.5, 0.6) is 0 Å². The molecular weight excluding hydrogens is 170 g/mol. The normalized spacial score (nSPS) is 13.8. The molecule has 0 aromatic carbocycles. The van der Waals surface area contributed by atoms with Crippen molar-refractivity contribution >= 4 is 11.6 Å². The minimum absolute atomic E-state index is 0.723. The first kappa shape index (κ1) is 12.2. The van der Waals surface area contributed by atoms with Gasteiger partial charge in [-0.2, -0.15) is 0 Å². The molecule has 0 aromatic heterocycles. The molecule has 74 valence electrons. The lowest BCUT2D eigenvalue weighted by Gasteiger charge is -2.23. The highest BCUT2D eigenvalue weighted by Crippen LogP contribution is 2.04. The third kappa shape index (κ3) is 5.84. The van der Waals surface area contributed by atoms with Gasteiger partial charge in [0.1, 0.15) is 0 Å². The summed E-state index contributed by atoms with van der Waals surface area (Å²) in [6.07, 6.45) is 4.96. The van der Waals surface area contributed by atoms with Gasteiger partial charge in [0.2, 0.25) is 0 Å². The molecule has 0 saturated carbocycles. The van der Waals surface area contributed by atoms with Crippen LogP contribution in [0.4, 0.5) is 0 Å². The number of nitrogens with zero attached hydrogens (tertiary/aromatic N) is 1. The molecule has 0 fully saturated rings. The summed E-state index contributed by atoms with van der Waals surface area (Å²) < 4.78 is 0. The van der Waals surface area contributed by atoms with Gasteiger partial charge in [0.25, 0.3) is 0 Å². The van der Waals surface area contributed by atoms with Crippen LogP contribution in [0.25, 0.3) is 0 Å². The molecule has 12 heavy (non-hydrogen) atoms. The van der Waals surface area contributed by atoms with Gasteiger partial charge in [0.15, 0.2) is 0 Å². The molecule has 0 saturated heterocycles. The summed E-state index contributed by atoms with van der Waals surface area (Å²) >= 11 is 5.59. The van der Waals surface area contributed by atoms with Crippen LogP contribution in [-0.2, 0) is 0 Å². The SMILES string of the molecule is CCC(C)N(C)CCCCCCl. The number of halogens is 1. The maximum absolute atomic E-state index is 5.59. The van der Waals surface area contributed by atoms with Gasteiger partial charge >= 0.3 is 0 Å². The molecule has 2 heteroatoms. The lowest BCUT2D eigenvalue weighted by molar-refractivity contribution is 0.247. The zero-order valence-corrected chi connectivity index (χ0v) is 9.40. The maximum atomic E-state index is 5.59. The van der Waals surface area contributed by atoms with Gasteiger partial charge in [-0.1, -0.05) is 13.3 Å². The van der Waals surface area contributed by atoms with Gasteiger partial charge in [-0.05, 0) is 39.8 Å². The molecule has 0 rings (SSSR count). The first-order valence-electron chi connectivity index (χ1n) is 4.98. The molecule has 0 aromatic rings. The predicted molar refractivity (Wildman–Crippen MR) is 57.0 cm³/mol. The van der Waals surface area contributed by atoms with Crippen LogP contribution in [0.2, 0.25) is 0 Å². The van der Waals surface area contributed by atoms with E-state index < -0.39 is 0 Å². The van der Waals surface area contributed by atoms with Gasteiger partial charge in [0, 0.05) is 11.9 Å². The van der Waals surface area contributed by atoms with Crippen LogP contribution in [-0.4, -0.2) is 30.4 Å². The Kier molecular flexibility index (Phi) is 8.04. The summed E-state index contributed by atoms with van der Waals surface area (Å²) in [4.78, 5) is 2.42. The van der Waals surface area contributed by atoms with E-state index in [1.54, 1.807) is 0 Å². The summed E-state index contributed by atoms with van der Waals surface area (Å²) in [7, 11) is 2.20. The Morgan fingerprint density at radius 3 is 2.42 bits per heavy atom. The van der Waals surface area contributed by atoms with Crippen molar-refractivity contribution in [3.05, 3.63) is 0 Å². The Hall–Kier alpha value is 0.250. The van der Waals surface area contributed by atoms with Crippen LogP contribution >= 0.6 is 11.6 Å². The number of alkyl halides is 1. The van der Waals surface area contributed by atoms with Crippen LogP contribution in [0.3, 0.4) is 0 Å². The zero-order valence-electron chi connectivity index (χ0n) is 8.65. The Morgan fingerprint density at radius 2 is 1.92 bits per heavy atom. The van der Waals surface area contributed by atoms with Crippen LogP contribution in [0.15, 0.2) is 0 Å². The number of hydrogen-bond donors (Lipinski definition) is 0. The van der Waals surface area contributed by atoms with E-state index >= 15 is 0 Å². The highest BCUT2D eigenvalue weighted by molar-refractivity contribution is 6.17. The lowest BCUT2D eigenvalue weighted by atomic mass is 10.2. The Labute approximate surface area is 82.1 Å². The van der Waals surface area contributed by atoms with Gasteiger partial charge in [-0.15, -0.1) is 11.6 Å². The van der Waals surface area contributed by atoms with Crippen LogP contribution in [0, 0.1) is 0 Å². The summed E-state index contributed by atoms with van der Waals surface area (Å²) in [5, 5.41) is 0. The summed E-state index contributed by atoms with van der Waals surface area (Å²) in [6.45, 7) is 5.73. The lowest BCUT2D eigenvalue weighted by Crippen LogP contribution is -2.29. The molecule has 0 radical (unpaired) electrons. The molecule has 0 aliphatic rings. The fourth-order valence-corrected chi connectivity index (χ4v) is 1.35. The Bertz CT molecular complexity index is 95.8. The van der Waals surface area contributed by atoms with E-state index in [1.807, 2.05) is 0 Å². The van der Waals surface area contributed by atoms with Gasteiger partial charge < -0.3 is 4.90 Å². The van der Waals surface area contributed by atoms with Crippen molar-refractivity contribution in [2.24, 2.45) is 0 Å².